The maximum atomic E-state index is 14.3. The summed E-state index contributed by atoms with van der Waals surface area (Å²) in [6.45, 7) is 0. The summed E-state index contributed by atoms with van der Waals surface area (Å²) in [5.41, 5.74) is -0.144. The summed E-state index contributed by atoms with van der Waals surface area (Å²) < 4.78 is 54.1. The maximum Gasteiger partial charge on any atom is 0.255 e. The van der Waals surface area contributed by atoms with Crippen molar-refractivity contribution in [3.63, 3.8) is 0 Å². The van der Waals surface area contributed by atoms with Crippen LogP contribution in [-0.4, -0.2) is 36.1 Å². The van der Waals surface area contributed by atoms with E-state index in [2.05, 4.69) is 5.32 Å². The molecule has 3 rings (SSSR count). The lowest BCUT2D eigenvalue weighted by Gasteiger charge is -2.29. The van der Waals surface area contributed by atoms with E-state index in [0.717, 1.165) is 31.7 Å². The molecule has 0 heterocycles. The Morgan fingerprint density at radius 1 is 0.935 bits per heavy atom. The van der Waals surface area contributed by atoms with Gasteiger partial charge in [-0.05, 0) is 43.9 Å². The van der Waals surface area contributed by atoms with Gasteiger partial charge >= 0.3 is 0 Å². The highest BCUT2D eigenvalue weighted by Gasteiger charge is 2.28. The smallest absolute Gasteiger partial charge is 0.255 e. The average Bonchev–Trinajstić information content (AvgIpc) is 2.73. The van der Waals surface area contributed by atoms with Crippen LogP contribution in [0.1, 0.15) is 36.0 Å². The molecule has 0 aromatic heterocycles. The van der Waals surface area contributed by atoms with Gasteiger partial charge < -0.3 is 10.2 Å². The predicted molar refractivity (Wildman–Crippen MR) is 111 cm³/mol. The monoisotopic (exact) mass is 454 g/mol. The number of hydrogen-bond acceptors (Lipinski definition) is 3. The number of anilines is 1. The van der Waals surface area contributed by atoms with Gasteiger partial charge in [0.15, 0.2) is 17.5 Å². The van der Waals surface area contributed by atoms with Gasteiger partial charge in [0, 0.05) is 53.5 Å². The SMILES string of the molecule is CN(C)C(=O)C1CCC(Sc2cc(C(=O)Nc3cc(F)c(F)c(F)c3)ccc2F)CC1. The van der Waals surface area contributed by atoms with Crippen LogP contribution in [0, 0.1) is 29.2 Å². The van der Waals surface area contributed by atoms with Crippen molar-refractivity contribution >= 4 is 29.3 Å². The lowest BCUT2D eigenvalue weighted by atomic mass is 9.88. The molecule has 0 saturated heterocycles. The number of thioether (sulfide) groups is 1. The number of rotatable bonds is 5. The fraction of sp³-hybridized carbons (Fsp3) is 0.364. The summed E-state index contributed by atoms with van der Waals surface area (Å²) in [6, 6.07) is 5.14. The first-order valence-corrected chi connectivity index (χ1v) is 10.7. The molecular formula is C22H22F4N2O2S. The Bertz CT molecular complexity index is 968. The molecule has 0 unspecified atom stereocenters. The van der Waals surface area contributed by atoms with Gasteiger partial charge in [0.2, 0.25) is 5.91 Å². The highest BCUT2D eigenvalue weighted by atomic mass is 32.2. The highest BCUT2D eigenvalue weighted by molar-refractivity contribution is 8.00. The minimum absolute atomic E-state index is 0.0229. The van der Waals surface area contributed by atoms with Gasteiger partial charge in [-0.3, -0.25) is 9.59 Å². The summed E-state index contributed by atoms with van der Waals surface area (Å²) in [5, 5.41) is 2.40. The van der Waals surface area contributed by atoms with E-state index in [4.69, 9.17) is 0 Å². The highest BCUT2D eigenvalue weighted by Crippen LogP contribution is 2.37. The first kappa shape index (κ1) is 23.1. The van der Waals surface area contributed by atoms with Gasteiger partial charge in [-0.1, -0.05) is 0 Å². The molecule has 0 spiro atoms. The fourth-order valence-electron chi connectivity index (χ4n) is 3.54. The number of carbonyl (C=O) groups is 2. The van der Waals surface area contributed by atoms with Crippen LogP contribution in [0.3, 0.4) is 0 Å². The Labute approximate surface area is 182 Å². The van der Waals surface area contributed by atoms with Crippen LogP contribution >= 0.6 is 11.8 Å². The second kappa shape index (κ2) is 9.72. The van der Waals surface area contributed by atoms with Crippen molar-refractivity contribution in [3.8, 4) is 0 Å². The number of nitrogens with one attached hydrogen (secondary N) is 1. The van der Waals surface area contributed by atoms with E-state index >= 15 is 0 Å². The molecule has 0 aliphatic heterocycles. The zero-order valence-corrected chi connectivity index (χ0v) is 17.9. The van der Waals surface area contributed by atoms with E-state index < -0.39 is 29.2 Å². The van der Waals surface area contributed by atoms with E-state index in [0.29, 0.717) is 12.1 Å². The van der Waals surface area contributed by atoms with E-state index in [-0.39, 0.29) is 33.2 Å². The lowest BCUT2D eigenvalue weighted by molar-refractivity contribution is -0.133. The third-order valence-corrected chi connectivity index (χ3v) is 6.56. The van der Waals surface area contributed by atoms with Gasteiger partial charge in [0.1, 0.15) is 5.82 Å². The second-order valence-corrected chi connectivity index (χ2v) is 9.02. The van der Waals surface area contributed by atoms with Gasteiger partial charge in [0.05, 0.1) is 0 Å². The molecule has 9 heteroatoms. The number of benzene rings is 2. The van der Waals surface area contributed by atoms with Crippen LogP contribution in [0.25, 0.3) is 0 Å². The minimum atomic E-state index is -1.62. The molecule has 1 saturated carbocycles. The largest absolute Gasteiger partial charge is 0.349 e. The summed E-state index contributed by atoms with van der Waals surface area (Å²) in [5.74, 6) is -5.57. The number of carbonyl (C=O) groups excluding carboxylic acids is 2. The Morgan fingerprint density at radius 2 is 1.55 bits per heavy atom. The van der Waals surface area contributed by atoms with Crippen LogP contribution in [0.5, 0.6) is 0 Å². The van der Waals surface area contributed by atoms with Crippen LogP contribution in [0.4, 0.5) is 23.2 Å². The van der Waals surface area contributed by atoms with E-state index in [1.54, 1.807) is 19.0 Å². The topological polar surface area (TPSA) is 49.4 Å². The van der Waals surface area contributed by atoms with Crippen molar-refractivity contribution in [2.45, 2.75) is 35.8 Å². The maximum absolute atomic E-state index is 14.3. The molecule has 0 radical (unpaired) electrons. The first-order chi connectivity index (χ1) is 14.7. The molecule has 2 amide bonds. The van der Waals surface area contributed by atoms with Crippen molar-refractivity contribution in [3.05, 3.63) is 59.2 Å². The number of amides is 2. The summed E-state index contributed by atoms with van der Waals surface area (Å²) in [6.07, 6.45) is 2.94. The molecule has 4 nitrogen and oxygen atoms in total. The number of halogens is 4. The van der Waals surface area contributed by atoms with Gasteiger partial charge in [0.25, 0.3) is 5.91 Å². The molecular weight excluding hydrogens is 432 g/mol. The quantitative estimate of drug-likeness (QED) is 0.497. The zero-order chi connectivity index (χ0) is 22.7. The third-order valence-electron chi connectivity index (χ3n) is 5.19. The molecule has 1 fully saturated rings. The summed E-state index contributed by atoms with van der Waals surface area (Å²) in [7, 11) is 3.45. The van der Waals surface area contributed by atoms with Gasteiger partial charge in [-0.15, -0.1) is 11.8 Å². The fourth-order valence-corrected chi connectivity index (χ4v) is 4.78. The van der Waals surface area contributed by atoms with E-state index in [1.165, 1.54) is 23.9 Å². The average molecular weight is 454 g/mol. The molecule has 2 aromatic carbocycles. The van der Waals surface area contributed by atoms with E-state index in [1.807, 2.05) is 0 Å². The van der Waals surface area contributed by atoms with Gasteiger partial charge in [-0.25, -0.2) is 17.6 Å². The lowest BCUT2D eigenvalue weighted by Crippen LogP contribution is -2.32. The Balaban J connectivity index is 1.67. The van der Waals surface area contributed by atoms with Crippen LogP contribution < -0.4 is 5.32 Å². The third kappa shape index (κ3) is 5.58. The number of hydrogen-bond donors (Lipinski definition) is 1. The summed E-state index contributed by atoms with van der Waals surface area (Å²) in [4.78, 5) is 26.4. The molecule has 1 aliphatic carbocycles. The van der Waals surface area contributed by atoms with Crippen LogP contribution in [-0.2, 0) is 4.79 Å². The Morgan fingerprint density at radius 3 is 2.13 bits per heavy atom. The Hall–Kier alpha value is -2.55. The van der Waals surface area contributed by atoms with Crippen molar-refractivity contribution < 1.29 is 27.2 Å². The first-order valence-electron chi connectivity index (χ1n) is 9.79. The second-order valence-electron chi connectivity index (χ2n) is 7.68. The molecule has 2 aromatic rings. The molecule has 0 atom stereocenters. The minimum Gasteiger partial charge on any atom is -0.349 e. The zero-order valence-electron chi connectivity index (χ0n) is 17.1. The molecule has 0 bridgehead atoms. The van der Waals surface area contributed by atoms with E-state index in [9.17, 15) is 27.2 Å². The van der Waals surface area contributed by atoms with Crippen molar-refractivity contribution in [2.75, 3.05) is 19.4 Å². The van der Waals surface area contributed by atoms with Crippen molar-refractivity contribution in [1.29, 1.82) is 0 Å². The molecule has 31 heavy (non-hydrogen) atoms. The van der Waals surface area contributed by atoms with Crippen molar-refractivity contribution in [1.82, 2.24) is 4.90 Å². The predicted octanol–water partition coefficient (Wildman–Crippen LogP) is 5.23. The van der Waals surface area contributed by atoms with Crippen LogP contribution in [0.2, 0.25) is 0 Å². The Kier molecular flexibility index (Phi) is 7.25. The molecule has 1 aliphatic rings. The molecule has 166 valence electrons. The standard InChI is InChI=1S/C22H22F4N2O2S/c1-28(2)22(30)12-3-6-15(7-4-12)31-19-9-13(5-8-16(19)23)21(29)27-14-10-17(24)20(26)18(25)11-14/h5,8-12,15H,3-4,6-7H2,1-2H3,(H,27,29). The summed E-state index contributed by atoms with van der Waals surface area (Å²) >= 11 is 1.31. The normalized spacial score (nSPS) is 18.5. The molecule has 1 N–H and O–H groups in total. The van der Waals surface area contributed by atoms with Crippen molar-refractivity contribution in [2.24, 2.45) is 5.92 Å². The number of nitrogens with zero attached hydrogens (tertiary/aromatic N) is 1. The van der Waals surface area contributed by atoms with Gasteiger partial charge in [-0.2, -0.15) is 0 Å². The van der Waals surface area contributed by atoms with Crippen LogP contribution in [0.15, 0.2) is 35.2 Å².